The third kappa shape index (κ3) is 0.797. The van der Waals surface area contributed by atoms with Gasteiger partial charge < -0.3 is 11.2 Å². The summed E-state index contributed by atoms with van der Waals surface area (Å²) in [6, 6.07) is 0. The van der Waals surface area contributed by atoms with Crippen molar-refractivity contribution in [1.29, 1.82) is 0 Å². The summed E-state index contributed by atoms with van der Waals surface area (Å²) in [4.78, 5) is 0. The van der Waals surface area contributed by atoms with Crippen molar-refractivity contribution in [1.82, 2.24) is 15.2 Å². The summed E-state index contributed by atoms with van der Waals surface area (Å²) in [5, 5.41) is 4.31. The van der Waals surface area contributed by atoms with E-state index in [1.807, 2.05) is 11.6 Å². The molecule has 0 saturated carbocycles. The minimum Gasteiger partial charge on any atom is -0.394 e. The first-order valence-electron chi connectivity index (χ1n) is 4.10. The number of nitrogens with one attached hydrogen (secondary N) is 2. The fraction of sp³-hybridized carbons (Fsp3) is 0.571. The van der Waals surface area contributed by atoms with Crippen LogP contribution in [0.3, 0.4) is 0 Å². The van der Waals surface area contributed by atoms with Gasteiger partial charge in [-0.2, -0.15) is 5.10 Å². The molecule has 0 radical (unpaired) electrons. The summed E-state index contributed by atoms with van der Waals surface area (Å²) in [6.07, 6.45) is 1.22. The topological polar surface area (TPSA) is 67.9 Å². The number of hydrogen-bond donors (Lipinski definition) is 3. The summed E-state index contributed by atoms with van der Waals surface area (Å²) in [6.45, 7) is 4.01. The fourth-order valence-corrected chi connectivity index (χ4v) is 1.40. The summed E-state index contributed by atoms with van der Waals surface area (Å²) in [5.74, 6) is 0.888. The molecular formula is C7H13N5. The van der Waals surface area contributed by atoms with Gasteiger partial charge in [0.05, 0.1) is 11.4 Å². The summed E-state index contributed by atoms with van der Waals surface area (Å²) in [5.41, 5.74) is 13.5. The van der Waals surface area contributed by atoms with Gasteiger partial charge in [0.1, 0.15) is 6.17 Å². The molecule has 0 amide bonds. The molecule has 1 atom stereocenters. The number of nitrogens with two attached hydrogens (primary N) is 1. The van der Waals surface area contributed by atoms with Gasteiger partial charge in [-0.05, 0) is 13.3 Å². The first kappa shape index (κ1) is 7.42. The Kier molecular flexibility index (Phi) is 1.47. The van der Waals surface area contributed by atoms with Gasteiger partial charge in [-0.15, -0.1) is 0 Å². The standard InChI is InChI=1S/C7H13N5/c1-3-5-9-10-7-6(8)4(2)11-12(5)7/h5,9-10H,3,8H2,1-2H3. The molecule has 1 aromatic heterocycles. The van der Waals surface area contributed by atoms with Crippen LogP contribution in [-0.4, -0.2) is 9.78 Å². The second-order valence-corrected chi connectivity index (χ2v) is 2.99. The van der Waals surface area contributed by atoms with Crippen molar-refractivity contribution < 1.29 is 0 Å². The number of nitrogen functional groups attached to an aromatic ring is 1. The lowest BCUT2D eigenvalue weighted by molar-refractivity contribution is 0.429. The lowest BCUT2D eigenvalue weighted by atomic mass is 10.4. The summed E-state index contributed by atoms with van der Waals surface area (Å²) < 4.78 is 1.89. The van der Waals surface area contributed by atoms with Crippen LogP contribution in [0.1, 0.15) is 25.2 Å². The van der Waals surface area contributed by atoms with E-state index in [1.54, 1.807) is 0 Å². The highest BCUT2D eigenvalue weighted by molar-refractivity contribution is 5.65. The minimum atomic E-state index is 0.232. The van der Waals surface area contributed by atoms with Crippen LogP contribution in [0.5, 0.6) is 0 Å². The van der Waals surface area contributed by atoms with Crippen LogP contribution in [0.4, 0.5) is 11.5 Å². The maximum atomic E-state index is 5.79. The second kappa shape index (κ2) is 2.38. The normalized spacial score (nSPS) is 20.7. The molecule has 12 heavy (non-hydrogen) atoms. The number of aryl methyl sites for hydroxylation is 1. The molecule has 0 aromatic carbocycles. The SMILES string of the molecule is CCC1NNc2c(N)c(C)nn21. The molecule has 2 heterocycles. The first-order valence-corrected chi connectivity index (χ1v) is 4.10. The Morgan fingerprint density at radius 3 is 3.08 bits per heavy atom. The van der Waals surface area contributed by atoms with Crippen LogP contribution in [0.25, 0.3) is 0 Å². The summed E-state index contributed by atoms with van der Waals surface area (Å²) in [7, 11) is 0. The monoisotopic (exact) mass is 167 g/mol. The molecule has 1 aliphatic rings. The molecule has 0 bridgehead atoms. The van der Waals surface area contributed by atoms with E-state index in [-0.39, 0.29) is 6.17 Å². The van der Waals surface area contributed by atoms with Crippen molar-refractivity contribution in [2.24, 2.45) is 0 Å². The van der Waals surface area contributed by atoms with Crippen molar-refractivity contribution in [3.8, 4) is 0 Å². The highest BCUT2D eigenvalue weighted by Crippen LogP contribution is 2.29. The van der Waals surface area contributed by atoms with E-state index in [2.05, 4.69) is 22.9 Å². The Bertz CT molecular complexity index is 303. The third-order valence-corrected chi connectivity index (χ3v) is 2.17. The number of hydrazine groups is 1. The maximum absolute atomic E-state index is 5.79. The molecule has 5 heteroatoms. The molecule has 0 spiro atoms. The Hall–Kier alpha value is -1.23. The predicted molar refractivity (Wildman–Crippen MR) is 47.5 cm³/mol. The Morgan fingerprint density at radius 2 is 2.42 bits per heavy atom. The van der Waals surface area contributed by atoms with Crippen LogP contribution in [0, 0.1) is 6.92 Å². The number of rotatable bonds is 1. The summed E-state index contributed by atoms with van der Waals surface area (Å²) >= 11 is 0. The van der Waals surface area contributed by atoms with Gasteiger partial charge in [-0.3, -0.25) is 0 Å². The number of aromatic nitrogens is 2. The molecule has 5 nitrogen and oxygen atoms in total. The molecule has 4 N–H and O–H groups in total. The quantitative estimate of drug-likeness (QED) is 0.573. The van der Waals surface area contributed by atoms with E-state index in [9.17, 15) is 0 Å². The highest BCUT2D eigenvalue weighted by atomic mass is 15.6. The molecule has 66 valence electrons. The van der Waals surface area contributed by atoms with Crippen LogP contribution >= 0.6 is 0 Å². The van der Waals surface area contributed by atoms with Crippen LogP contribution < -0.4 is 16.6 Å². The second-order valence-electron chi connectivity index (χ2n) is 2.99. The molecular weight excluding hydrogens is 154 g/mol. The van der Waals surface area contributed by atoms with E-state index < -0.39 is 0 Å². The number of hydrogen-bond acceptors (Lipinski definition) is 4. The molecule has 0 aliphatic carbocycles. The first-order chi connectivity index (χ1) is 5.74. The smallest absolute Gasteiger partial charge is 0.164 e. The van der Waals surface area contributed by atoms with E-state index in [4.69, 9.17) is 5.73 Å². The van der Waals surface area contributed by atoms with Crippen molar-refractivity contribution >= 4 is 11.5 Å². The van der Waals surface area contributed by atoms with Crippen molar-refractivity contribution in [2.45, 2.75) is 26.4 Å². The van der Waals surface area contributed by atoms with E-state index in [0.717, 1.165) is 23.6 Å². The Balaban J connectivity index is 2.46. The molecule has 1 aliphatic heterocycles. The lowest BCUT2D eigenvalue weighted by Gasteiger charge is -2.06. The van der Waals surface area contributed by atoms with Crippen molar-refractivity contribution in [3.05, 3.63) is 5.69 Å². The van der Waals surface area contributed by atoms with Gasteiger partial charge >= 0.3 is 0 Å². The molecule has 1 unspecified atom stereocenters. The average molecular weight is 167 g/mol. The molecule has 1 aromatic rings. The van der Waals surface area contributed by atoms with Gasteiger partial charge in [-0.1, -0.05) is 6.92 Å². The fourth-order valence-electron chi connectivity index (χ4n) is 1.40. The largest absolute Gasteiger partial charge is 0.394 e. The average Bonchev–Trinajstić information content (AvgIpc) is 2.55. The molecule has 2 rings (SSSR count). The predicted octanol–water partition coefficient (Wildman–Crippen LogP) is 0.612. The van der Waals surface area contributed by atoms with Crippen LogP contribution in [-0.2, 0) is 0 Å². The lowest BCUT2D eigenvalue weighted by Crippen LogP contribution is -2.21. The Labute approximate surface area is 70.9 Å². The van der Waals surface area contributed by atoms with Gasteiger partial charge in [0.2, 0.25) is 0 Å². The minimum absolute atomic E-state index is 0.232. The van der Waals surface area contributed by atoms with Crippen LogP contribution in [0.15, 0.2) is 0 Å². The van der Waals surface area contributed by atoms with Crippen LogP contribution in [0.2, 0.25) is 0 Å². The zero-order valence-corrected chi connectivity index (χ0v) is 7.26. The zero-order valence-electron chi connectivity index (χ0n) is 7.26. The molecule has 0 saturated heterocycles. The van der Waals surface area contributed by atoms with Crippen molar-refractivity contribution in [2.75, 3.05) is 11.2 Å². The Morgan fingerprint density at radius 1 is 1.67 bits per heavy atom. The number of nitrogens with zero attached hydrogens (tertiary/aromatic N) is 2. The number of fused-ring (bicyclic) bond motifs is 1. The maximum Gasteiger partial charge on any atom is 0.164 e. The van der Waals surface area contributed by atoms with Gasteiger partial charge in [0.25, 0.3) is 0 Å². The van der Waals surface area contributed by atoms with E-state index in [1.165, 1.54) is 0 Å². The van der Waals surface area contributed by atoms with E-state index >= 15 is 0 Å². The third-order valence-electron chi connectivity index (χ3n) is 2.17. The van der Waals surface area contributed by atoms with Crippen molar-refractivity contribution in [3.63, 3.8) is 0 Å². The van der Waals surface area contributed by atoms with Gasteiger partial charge in [0.15, 0.2) is 5.82 Å². The number of anilines is 2. The molecule has 0 fully saturated rings. The zero-order chi connectivity index (χ0) is 8.72. The highest BCUT2D eigenvalue weighted by Gasteiger charge is 2.24. The van der Waals surface area contributed by atoms with Gasteiger partial charge in [-0.25, -0.2) is 10.1 Å². The van der Waals surface area contributed by atoms with Gasteiger partial charge in [0, 0.05) is 0 Å². The van der Waals surface area contributed by atoms with E-state index in [0.29, 0.717) is 0 Å².